The Bertz CT molecular complexity index is 542. The fraction of sp³-hybridized carbons (Fsp3) is 0.562. The molecular formula is C16H22N2O3. The maximum atomic E-state index is 11.7. The number of Topliss-reactive ketones (excluding diaryl/α,β-unsaturated/α-hetero) is 1. The zero-order valence-electron chi connectivity index (χ0n) is 12.7. The molecule has 1 atom stereocenters. The first-order chi connectivity index (χ1) is 10.0. The largest absolute Gasteiger partial charge is 0.369 e. The highest BCUT2D eigenvalue weighted by molar-refractivity contribution is 5.99. The second kappa shape index (κ2) is 6.70. The lowest BCUT2D eigenvalue weighted by molar-refractivity contribution is -0.385. The van der Waals surface area contributed by atoms with Gasteiger partial charge in [-0.25, -0.2) is 0 Å². The van der Waals surface area contributed by atoms with Crippen LogP contribution in [0, 0.1) is 10.1 Å². The number of hydrogen-bond acceptors (Lipinski definition) is 4. The van der Waals surface area contributed by atoms with Gasteiger partial charge in [0, 0.05) is 24.3 Å². The van der Waals surface area contributed by atoms with Crippen LogP contribution in [-0.4, -0.2) is 23.3 Å². The van der Waals surface area contributed by atoms with E-state index in [0.29, 0.717) is 6.04 Å². The molecule has 0 saturated carbocycles. The Morgan fingerprint density at radius 1 is 1.38 bits per heavy atom. The number of nitro groups is 1. The topological polar surface area (TPSA) is 63.4 Å². The molecule has 1 unspecified atom stereocenters. The number of nitrogens with zero attached hydrogens (tertiary/aromatic N) is 2. The summed E-state index contributed by atoms with van der Waals surface area (Å²) >= 11 is 0. The molecule has 0 bridgehead atoms. The lowest BCUT2D eigenvalue weighted by atomic mass is 10.0. The Morgan fingerprint density at radius 3 is 2.76 bits per heavy atom. The monoisotopic (exact) mass is 290 g/mol. The summed E-state index contributed by atoms with van der Waals surface area (Å²) in [5, 5.41) is 11.0. The van der Waals surface area contributed by atoms with Crippen molar-refractivity contribution in [1.29, 1.82) is 0 Å². The Labute approximate surface area is 125 Å². The molecule has 0 spiro atoms. The first kappa shape index (κ1) is 15.5. The van der Waals surface area contributed by atoms with Gasteiger partial charge in [0.2, 0.25) is 0 Å². The van der Waals surface area contributed by atoms with Crippen molar-refractivity contribution in [3.63, 3.8) is 0 Å². The maximum absolute atomic E-state index is 11.7. The first-order valence-electron chi connectivity index (χ1n) is 7.60. The average molecular weight is 290 g/mol. The normalized spacial score (nSPS) is 19.1. The van der Waals surface area contributed by atoms with E-state index in [2.05, 4.69) is 11.8 Å². The van der Waals surface area contributed by atoms with Crippen molar-refractivity contribution in [2.24, 2.45) is 0 Å². The Balaban J connectivity index is 2.40. The molecular weight excluding hydrogens is 268 g/mol. The van der Waals surface area contributed by atoms with E-state index in [1.807, 2.05) is 0 Å². The van der Waals surface area contributed by atoms with Gasteiger partial charge in [0.05, 0.1) is 10.5 Å². The van der Waals surface area contributed by atoms with Crippen LogP contribution in [0.4, 0.5) is 11.4 Å². The summed E-state index contributed by atoms with van der Waals surface area (Å²) < 4.78 is 0. The van der Waals surface area contributed by atoms with E-state index < -0.39 is 4.92 Å². The summed E-state index contributed by atoms with van der Waals surface area (Å²) in [4.78, 5) is 24.6. The van der Waals surface area contributed by atoms with Crippen molar-refractivity contribution >= 4 is 17.2 Å². The number of nitro benzene ring substituents is 1. The van der Waals surface area contributed by atoms with Crippen LogP contribution in [0.15, 0.2) is 18.2 Å². The second-order valence-corrected chi connectivity index (χ2v) is 5.62. The average Bonchev–Trinajstić information content (AvgIpc) is 2.71. The van der Waals surface area contributed by atoms with Gasteiger partial charge in [0.25, 0.3) is 5.69 Å². The predicted molar refractivity (Wildman–Crippen MR) is 83.0 cm³/mol. The van der Waals surface area contributed by atoms with Gasteiger partial charge in [-0.3, -0.25) is 14.9 Å². The standard InChI is InChI=1S/C16H22N2O3/c1-3-13-7-5-4-6-10-17(13)14-8-9-16(18(20)21)15(11-14)12(2)19/h8-9,11,13H,3-7,10H2,1-2H3. The van der Waals surface area contributed by atoms with Crippen LogP contribution in [-0.2, 0) is 0 Å². The molecule has 114 valence electrons. The molecule has 0 aliphatic carbocycles. The smallest absolute Gasteiger partial charge is 0.280 e. The lowest BCUT2D eigenvalue weighted by Crippen LogP contribution is -2.34. The van der Waals surface area contributed by atoms with Crippen LogP contribution in [0.1, 0.15) is 56.3 Å². The number of rotatable bonds is 4. The molecule has 5 nitrogen and oxygen atoms in total. The van der Waals surface area contributed by atoms with Crippen molar-refractivity contribution in [2.45, 2.75) is 52.0 Å². The molecule has 0 amide bonds. The minimum absolute atomic E-state index is 0.103. The van der Waals surface area contributed by atoms with Crippen LogP contribution in [0.3, 0.4) is 0 Å². The molecule has 1 saturated heterocycles. The Morgan fingerprint density at radius 2 is 2.14 bits per heavy atom. The van der Waals surface area contributed by atoms with E-state index in [1.165, 1.54) is 25.8 Å². The van der Waals surface area contributed by atoms with Crippen LogP contribution in [0.25, 0.3) is 0 Å². The van der Waals surface area contributed by atoms with Crippen LogP contribution < -0.4 is 4.90 Å². The van der Waals surface area contributed by atoms with Gasteiger partial charge < -0.3 is 4.90 Å². The fourth-order valence-corrected chi connectivity index (χ4v) is 3.09. The van der Waals surface area contributed by atoms with Gasteiger partial charge in [-0.05, 0) is 38.3 Å². The van der Waals surface area contributed by atoms with Crippen molar-refractivity contribution in [2.75, 3.05) is 11.4 Å². The van der Waals surface area contributed by atoms with Gasteiger partial charge in [-0.15, -0.1) is 0 Å². The number of carbonyl (C=O) groups excluding carboxylic acids is 1. The van der Waals surface area contributed by atoms with E-state index in [1.54, 1.807) is 12.1 Å². The van der Waals surface area contributed by atoms with E-state index in [4.69, 9.17) is 0 Å². The van der Waals surface area contributed by atoms with Crippen molar-refractivity contribution in [3.8, 4) is 0 Å². The molecule has 0 N–H and O–H groups in total. The minimum Gasteiger partial charge on any atom is -0.369 e. The summed E-state index contributed by atoms with van der Waals surface area (Å²) in [6, 6.07) is 5.38. The van der Waals surface area contributed by atoms with Crippen LogP contribution >= 0.6 is 0 Å². The molecule has 0 radical (unpaired) electrons. The third kappa shape index (κ3) is 3.40. The zero-order valence-corrected chi connectivity index (χ0v) is 12.7. The van der Waals surface area contributed by atoms with Crippen molar-refractivity contribution < 1.29 is 9.72 Å². The van der Waals surface area contributed by atoms with Gasteiger partial charge in [-0.1, -0.05) is 19.8 Å². The molecule has 5 heteroatoms. The number of ketones is 1. The highest BCUT2D eigenvalue weighted by atomic mass is 16.6. The predicted octanol–water partition coefficient (Wildman–Crippen LogP) is 3.96. The van der Waals surface area contributed by atoms with Gasteiger partial charge >= 0.3 is 0 Å². The molecule has 1 aromatic carbocycles. The lowest BCUT2D eigenvalue weighted by Gasteiger charge is -2.31. The van der Waals surface area contributed by atoms with Crippen LogP contribution in [0.2, 0.25) is 0 Å². The van der Waals surface area contributed by atoms with Crippen molar-refractivity contribution in [1.82, 2.24) is 0 Å². The van der Waals surface area contributed by atoms with E-state index in [-0.39, 0.29) is 17.0 Å². The van der Waals surface area contributed by atoms with Crippen molar-refractivity contribution in [3.05, 3.63) is 33.9 Å². The summed E-state index contributed by atoms with van der Waals surface area (Å²) in [5.74, 6) is -0.258. The van der Waals surface area contributed by atoms with Crippen LogP contribution in [0.5, 0.6) is 0 Å². The first-order valence-corrected chi connectivity index (χ1v) is 7.60. The minimum atomic E-state index is -0.486. The summed E-state index contributed by atoms with van der Waals surface area (Å²) in [6.45, 7) is 4.50. The third-order valence-corrected chi connectivity index (χ3v) is 4.24. The molecule has 21 heavy (non-hydrogen) atoms. The third-order valence-electron chi connectivity index (χ3n) is 4.24. The molecule has 1 aliphatic heterocycles. The quantitative estimate of drug-likeness (QED) is 0.478. The fourth-order valence-electron chi connectivity index (χ4n) is 3.09. The zero-order chi connectivity index (χ0) is 15.4. The molecule has 2 rings (SSSR count). The number of anilines is 1. The summed E-state index contributed by atoms with van der Waals surface area (Å²) in [7, 11) is 0. The number of carbonyl (C=O) groups is 1. The van der Waals surface area contributed by atoms with E-state index >= 15 is 0 Å². The molecule has 1 aromatic rings. The Hall–Kier alpha value is -1.91. The molecule has 1 aliphatic rings. The second-order valence-electron chi connectivity index (χ2n) is 5.62. The maximum Gasteiger partial charge on any atom is 0.280 e. The van der Waals surface area contributed by atoms with Gasteiger partial charge in [0.15, 0.2) is 5.78 Å². The molecule has 0 aromatic heterocycles. The number of hydrogen-bond donors (Lipinski definition) is 0. The van der Waals surface area contributed by atoms with Gasteiger partial charge in [-0.2, -0.15) is 0 Å². The van der Waals surface area contributed by atoms with E-state index in [0.717, 1.165) is 31.5 Å². The molecule has 1 fully saturated rings. The highest BCUT2D eigenvalue weighted by Crippen LogP contribution is 2.30. The molecule has 1 heterocycles. The Kier molecular flexibility index (Phi) is 4.94. The SMILES string of the molecule is CCC1CCCCCN1c1ccc([N+](=O)[O-])c(C(C)=O)c1. The van der Waals surface area contributed by atoms with Gasteiger partial charge in [0.1, 0.15) is 0 Å². The highest BCUT2D eigenvalue weighted by Gasteiger charge is 2.23. The number of benzene rings is 1. The van der Waals surface area contributed by atoms with E-state index in [9.17, 15) is 14.9 Å². The summed E-state index contributed by atoms with van der Waals surface area (Å²) in [5.41, 5.74) is 1.03. The summed E-state index contributed by atoms with van der Waals surface area (Å²) in [6.07, 6.45) is 5.76.